The minimum Gasteiger partial charge on any atom is -0.488 e. The fourth-order valence-electron chi connectivity index (χ4n) is 2.67. The summed E-state index contributed by atoms with van der Waals surface area (Å²) in [6.07, 6.45) is 1.70. The van der Waals surface area contributed by atoms with Crippen molar-refractivity contribution in [2.24, 2.45) is 0 Å². The Morgan fingerprint density at radius 1 is 1.22 bits per heavy atom. The predicted molar refractivity (Wildman–Crippen MR) is 104 cm³/mol. The van der Waals surface area contributed by atoms with Crippen LogP contribution in [0.5, 0.6) is 5.75 Å². The normalized spacial score (nSPS) is 13.7. The second-order valence-electron chi connectivity index (χ2n) is 6.03. The van der Waals surface area contributed by atoms with Crippen molar-refractivity contribution < 1.29 is 19.1 Å². The van der Waals surface area contributed by atoms with Gasteiger partial charge in [-0.25, -0.2) is 4.79 Å². The number of ether oxygens (including phenoxy) is 2. The Balaban J connectivity index is 1.55. The van der Waals surface area contributed by atoms with Crippen LogP contribution >= 0.6 is 23.2 Å². The molecule has 2 aromatic carbocycles. The maximum Gasteiger partial charge on any atom is 0.338 e. The van der Waals surface area contributed by atoms with Crippen LogP contribution in [0.15, 0.2) is 48.0 Å². The summed E-state index contributed by atoms with van der Waals surface area (Å²) in [7, 11) is 0. The maximum atomic E-state index is 12.2. The highest BCUT2D eigenvalue weighted by Gasteiger charge is 2.20. The van der Waals surface area contributed by atoms with Crippen molar-refractivity contribution in [2.45, 2.75) is 13.0 Å². The molecule has 5 nitrogen and oxygen atoms in total. The topological polar surface area (TPSA) is 64.6 Å². The summed E-state index contributed by atoms with van der Waals surface area (Å²) in [4.78, 5) is 24.3. The number of para-hydroxylation sites is 1. The molecule has 1 aliphatic heterocycles. The Morgan fingerprint density at radius 3 is 2.78 bits per heavy atom. The van der Waals surface area contributed by atoms with Gasteiger partial charge in [-0.15, -0.1) is 0 Å². The minimum absolute atomic E-state index is 0.105. The fraction of sp³-hybridized carbons (Fsp3) is 0.200. The number of carbonyl (C=O) groups is 2. The third-order valence-electron chi connectivity index (χ3n) is 4.03. The Hall–Kier alpha value is -2.50. The van der Waals surface area contributed by atoms with Gasteiger partial charge in [0.1, 0.15) is 12.4 Å². The standard InChI is InChI=1S/C20H17Cl2NO4/c1-12(16-7-6-15(21)9-17(16)22)23-19(24)11-27-20(25)14-8-13-4-2-3-5-18(13)26-10-14/h2-9,12H,10-11H2,1H3,(H,23,24)/t12-/m1/s1. The molecule has 1 N–H and O–H groups in total. The molecular formula is C20H17Cl2NO4. The molecule has 3 rings (SSSR count). The van der Waals surface area contributed by atoms with Gasteiger partial charge in [-0.3, -0.25) is 4.79 Å². The first-order valence-electron chi connectivity index (χ1n) is 8.28. The van der Waals surface area contributed by atoms with E-state index in [1.54, 1.807) is 31.2 Å². The van der Waals surface area contributed by atoms with E-state index in [0.29, 0.717) is 21.4 Å². The third kappa shape index (κ3) is 4.81. The number of benzene rings is 2. The van der Waals surface area contributed by atoms with Gasteiger partial charge in [0.25, 0.3) is 5.91 Å². The molecule has 0 radical (unpaired) electrons. The molecule has 0 aromatic heterocycles. The summed E-state index contributed by atoms with van der Waals surface area (Å²) < 4.78 is 10.6. The number of carbonyl (C=O) groups excluding carboxylic acids is 2. The van der Waals surface area contributed by atoms with E-state index >= 15 is 0 Å². The maximum absolute atomic E-state index is 12.2. The molecule has 7 heteroatoms. The van der Waals surface area contributed by atoms with E-state index in [1.165, 1.54) is 0 Å². The van der Waals surface area contributed by atoms with E-state index in [1.807, 2.05) is 24.3 Å². The summed E-state index contributed by atoms with van der Waals surface area (Å²) in [6.45, 7) is 1.49. The van der Waals surface area contributed by atoms with Crippen molar-refractivity contribution in [1.29, 1.82) is 0 Å². The number of amides is 1. The van der Waals surface area contributed by atoms with Gasteiger partial charge >= 0.3 is 5.97 Å². The SMILES string of the molecule is C[C@@H](NC(=O)COC(=O)C1=Cc2ccccc2OC1)c1ccc(Cl)cc1Cl. The number of hydrogen-bond acceptors (Lipinski definition) is 4. The van der Waals surface area contributed by atoms with Gasteiger partial charge in [0, 0.05) is 15.6 Å². The predicted octanol–water partition coefficient (Wildman–Crippen LogP) is 4.19. The van der Waals surface area contributed by atoms with E-state index in [9.17, 15) is 9.59 Å². The zero-order chi connectivity index (χ0) is 19.4. The molecule has 1 heterocycles. The molecule has 140 valence electrons. The van der Waals surface area contributed by atoms with Gasteiger partial charge < -0.3 is 14.8 Å². The Labute approximate surface area is 166 Å². The first kappa shape index (κ1) is 19.3. The van der Waals surface area contributed by atoms with Crippen LogP contribution in [-0.2, 0) is 14.3 Å². The van der Waals surface area contributed by atoms with Crippen molar-refractivity contribution >= 4 is 41.2 Å². The van der Waals surface area contributed by atoms with Crippen LogP contribution < -0.4 is 10.1 Å². The van der Waals surface area contributed by atoms with Crippen molar-refractivity contribution in [1.82, 2.24) is 5.32 Å². The number of rotatable bonds is 5. The molecule has 27 heavy (non-hydrogen) atoms. The fourth-order valence-corrected chi connectivity index (χ4v) is 3.24. The van der Waals surface area contributed by atoms with Gasteiger partial charge in [0.05, 0.1) is 11.6 Å². The van der Waals surface area contributed by atoms with Gasteiger partial charge in [-0.05, 0) is 36.8 Å². The second-order valence-corrected chi connectivity index (χ2v) is 6.87. The summed E-state index contributed by atoms with van der Waals surface area (Å²) in [5, 5.41) is 3.70. The number of fused-ring (bicyclic) bond motifs is 1. The minimum atomic E-state index is -0.586. The first-order valence-corrected chi connectivity index (χ1v) is 9.03. The molecule has 1 amide bonds. The van der Waals surface area contributed by atoms with E-state index < -0.39 is 18.5 Å². The quantitative estimate of drug-likeness (QED) is 0.757. The Kier molecular flexibility index (Phi) is 6.04. The molecule has 0 fully saturated rings. The molecule has 2 aromatic rings. The van der Waals surface area contributed by atoms with Gasteiger partial charge in [0.15, 0.2) is 6.61 Å². The highest BCUT2D eigenvalue weighted by molar-refractivity contribution is 6.35. The largest absolute Gasteiger partial charge is 0.488 e. The highest BCUT2D eigenvalue weighted by Crippen LogP contribution is 2.27. The lowest BCUT2D eigenvalue weighted by Gasteiger charge is -2.18. The highest BCUT2D eigenvalue weighted by atomic mass is 35.5. The van der Waals surface area contributed by atoms with Crippen molar-refractivity contribution in [2.75, 3.05) is 13.2 Å². The summed E-state index contributed by atoms with van der Waals surface area (Å²) >= 11 is 12.0. The molecule has 0 aliphatic carbocycles. The van der Waals surface area contributed by atoms with Gasteiger partial charge in [0.2, 0.25) is 0 Å². The zero-order valence-corrected chi connectivity index (χ0v) is 16.0. The van der Waals surface area contributed by atoms with Crippen LogP contribution in [0.2, 0.25) is 10.0 Å². The molecule has 0 saturated heterocycles. The Bertz CT molecular complexity index is 911. The van der Waals surface area contributed by atoms with Crippen LogP contribution in [0.4, 0.5) is 0 Å². The number of hydrogen-bond donors (Lipinski definition) is 1. The van der Waals surface area contributed by atoms with Gasteiger partial charge in [-0.2, -0.15) is 0 Å². The number of esters is 1. The molecule has 0 spiro atoms. The van der Waals surface area contributed by atoms with Crippen molar-refractivity contribution in [3.8, 4) is 5.75 Å². The van der Waals surface area contributed by atoms with Crippen LogP contribution in [0.1, 0.15) is 24.1 Å². The van der Waals surface area contributed by atoms with E-state index in [4.69, 9.17) is 32.7 Å². The molecular weight excluding hydrogens is 389 g/mol. The van der Waals surface area contributed by atoms with Crippen LogP contribution in [0, 0.1) is 0 Å². The third-order valence-corrected chi connectivity index (χ3v) is 4.60. The molecule has 0 bridgehead atoms. The van der Waals surface area contributed by atoms with Crippen LogP contribution in [0.3, 0.4) is 0 Å². The first-order chi connectivity index (χ1) is 12.9. The van der Waals surface area contributed by atoms with E-state index in [-0.39, 0.29) is 12.6 Å². The monoisotopic (exact) mass is 405 g/mol. The summed E-state index contributed by atoms with van der Waals surface area (Å²) in [6, 6.07) is 12.1. The van der Waals surface area contributed by atoms with Crippen LogP contribution in [-0.4, -0.2) is 25.1 Å². The van der Waals surface area contributed by atoms with Crippen LogP contribution in [0.25, 0.3) is 6.08 Å². The van der Waals surface area contributed by atoms with Gasteiger partial charge in [-0.1, -0.05) is 47.5 Å². The molecule has 0 unspecified atom stereocenters. The lowest BCUT2D eigenvalue weighted by Crippen LogP contribution is -2.32. The zero-order valence-electron chi connectivity index (χ0n) is 14.5. The molecule has 1 aliphatic rings. The lowest BCUT2D eigenvalue weighted by atomic mass is 10.1. The van der Waals surface area contributed by atoms with Crippen molar-refractivity contribution in [3.05, 3.63) is 69.2 Å². The average Bonchev–Trinajstić information content (AvgIpc) is 2.65. The summed E-state index contributed by atoms with van der Waals surface area (Å²) in [5.41, 5.74) is 1.88. The average molecular weight is 406 g/mol. The smallest absolute Gasteiger partial charge is 0.338 e. The summed E-state index contributed by atoms with van der Waals surface area (Å²) in [5.74, 6) is -0.308. The molecule has 0 saturated carbocycles. The number of halogens is 2. The second kappa shape index (κ2) is 8.46. The number of nitrogens with one attached hydrogen (secondary N) is 1. The van der Waals surface area contributed by atoms with Crippen molar-refractivity contribution in [3.63, 3.8) is 0 Å². The lowest BCUT2D eigenvalue weighted by molar-refractivity contribution is -0.145. The van der Waals surface area contributed by atoms with E-state index in [2.05, 4.69) is 5.32 Å². The Morgan fingerprint density at radius 2 is 2.00 bits per heavy atom. The van der Waals surface area contributed by atoms with E-state index in [0.717, 1.165) is 11.1 Å². The molecule has 1 atom stereocenters.